The van der Waals surface area contributed by atoms with Crippen LogP contribution in [0.4, 0.5) is 0 Å². The highest BCUT2D eigenvalue weighted by Gasteiger charge is 2.36. The summed E-state index contributed by atoms with van der Waals surface area (Å²) in [6.07, 6.45) is -1.74. The van der Waals surface area contributed by atoms with E-state index in [1.807, 2.05) is 0 Å². The van der Waals surface area contributed by atoms with Crippen LogP contribution in [0.5, 0.6) is 0 Å². The predicted octanol–water partition coefficient (Wildman–Crippen LogP) is -0.551. The van der Waals surface area contributed by atoms with E-state index < -0.39 is 30.3 Å². The van der Waals surface area contributed by atoms with Gasteiger partial charge in [0.25, 0.3) is 0 Å². The van der Waals surface area contributed by atoms with E-state index in [1.165, 1.54) is 0 Å². The topological polar surface area (TPSA) is 99.1 Å². The average molecular weight is 256 g/mol. The molecule has 0 radical (unpaired) electrons. The molecule has 2 unspecified atom stereocenters. The molecule has 98 valence electrons. The molecule has 0 fully saturated rings. The van der Waals surface area contributed by atoms with Gasteiger partial charge in [0, 0.05) is 6.92 Å². The van der Waals surface area contributed by atoms with E-state index in [9.17, 15) is 14.4 Å². The molecule has 18 heavy (non-hydrogen) atoms. The summed E-state index contributed by atoms with van der Waals surface area (Å²) in [6, 6.07) is 0. The number of ether oxygens (including phenoxy) is 3. The zero-order valence-corrected chi connectivity index (χ0v) is 9.84. The lowest BCUT2D eigenvalue weighted by Gasteiger charge is -2.17. The van der Waals surface area contributed by atoms with Gasteiger partial charge in [-0.3, -0.25) is 4.79 Å². The van der Waals surface area contributed by atoms with E-state index in [-0.39, 0.29) is 11.1 Å². The van der Waals surface area contributed by atoms with Crippen molar-refractivity contribution in [2.24, 2.45) is 0 Å². The molecule has 0 aromatic carbocycles. The van der Waals surface area contributed by atoms with Gasteiger partial charge in [0.15, 0.2) is 6.10 Å². The molecule has 0 aromatic rings. The van der Waals surface area contributed by atoms with Gasteiger partial charge in [-0.1, -0.05) is 6.58 Å². The van der Waals surface area contributed by atoms with Crippen molar-refractivity contribution in [3.05, 3.63) is 23.8 Å². The summed E-state index contributed by atoms with van der Waals surface area (Å²) in [4.78, 5) is 33.7. The van der Waals surface area contributed by atoms with Crippen LogP contribution in [0.25, 0.3) is 0 Å². The first-order valence-corrected chi connectivity index (χ1v) is 4.92. The molecule has 0 spiro atoms. The lowest BCUT2D eigenvalue weighted by molar-refractivity contribution is -0.153. The number of carbonyl (C=O) groups is 3. The molecule has 0 amide bonds. The Morgan fingerprint density at radius 3 is 2.56 bits per heavy atom. The first-order chi connectivity index (χ1) is 8.36. The van der Waals surface area contributed by atoms with E-state index in [2.05, 4.69) is 16.1 Å². The van der Waals surface area contributed by atoms with Crippen LogP contribution in [0.1, 0.15) is 6.92 Å². The normalized spacial score (nSPS) is 19.6. The van der Waals surface area contributed by atoms with Gasteiger partial charge in [-0.15, -0.1) is 0 Å². The highest BCUT2D eigenvalue weighted by molar-refractivity contribution is 5.98. The van der Waals surface area contributed by atoms with Gasteiger partial charge in [-0.2, -0.15) is 0 Å². The molecule has 0 bridgehead atoms. The van der Waals surface area contributed by atoms with Crippen molar-refractivity contribution in [2.45, 2.75) is 19.3 Å². The van der Waals surface area contributed by atoms with E-state index >= 15 is 0 Å². The van der Waals surface area contributed by atoms with Gasteiger partial charge in [-0.25, -0.2) is 9.59 Å². The fourth-order valence-corrected chi connectivity index (χ4v) is 1.35. The predicted molar refractivity (Wildman–Crippen MR) is 56.9 cm³/mol. The molecule has 7 nitrogen and oxygen atoms in total. The largest absolute Gasteiger partial charge is 0.466 e. The van der Waals surface area contributed by atoms with Crippen LogP contribution < -0.4 is 0 Å². The third-order valence-corrected chi connectivity index (χ3v) is 2.12. The summed E-state index contributed by atoms with van der Waals surface area (Å²) in [6.45, 7) is 4.51. The number of hydrogen-bond donors (Lipinski definition) is 1. The Hall–Kier alpha value is -2.15. The molecule has 0 saturated carbocycles. The highest BCUT2D eigenvalue weighted by atomic mass is 16.6. The van der Waals surface area contributed by atoms with Gasteiger partial charge in [-0.05, 0) is 6.08 Å². The molecule has 1 rings (SSSR count). The Balaban J connectivity index is 3.02. The minimum Gasteiger partial charge on any atom is -0.466 e. The third kappa shape index (κ3) is 2.95. The fraction of sp³-hybridized carbons (Fsp3) is 0.364. The minimum atomic E-state index is -1.43. The van der Waals surface area contributed by atoms with Crippen molar-refractivity contribution >= 4 is 17.9 Å². The van der Waals surface area contributed by atoms with Gasteiger partial charge in [0.2, 0.25) is 6.29 Å². The second kappa shape index (κ2) is 5.46. The van der Waals surface area contributed by atoms with E-state index in [0.717, 1.165) is 20.1 Å². The number of aliphatic hydroxyl groups is 1. The van der Waals surface area contributed by atoms with Gasteiger partial charge in [0.05, 0.1) is 18.3 Å². The maximum absolute atomic E-state index is 11.4. The number of aliphatic hydroxyl groups excluding tert-OH is 1. The average Bonchev–Trinajstić information content (AvgIpc) is 2.63. The Morgan fingerprint density at radius 2 is 2.17 bits per heavy atom. The van der Waals surface area contributed by atoms with Crippen molar-refractivity contribution in [3.8, 4) is 0 Å². The lowest BCUT2D eigenvalue weighted by Crippen LogP contribution is -2.28. The zero-order valence-electron chi connectivity index (χ0n) is 9.84. The molecule has 1 heterocycles. The number of hydrogen-bond acceptors (Lipinski definition) is 7. The van der Waals surface area contributed by atoms with Crippen LogP contribution in [-0.2, 0) is 28.6 Å². The monoisotopic (exact) mass is 256 g/mol. The summed E-state index contributed by atoms with van der Waals surface area (Å²) in [5.74, 6) is -2.45. The SMILES string of the molecule is C=C(C(=O)OC)C(OC(C)=O)C1=CC(O)OC1=O. The Labute approximate surface area is 103 Å². The van der Waals surface area contributed by atoms with Crippen molar-refractivity contribution in [2.75, 3.05) is 7.11 Å². The number of cyclic esters (lactones) is 1. The summed E-state index contributed by atoms with van der Waals surface area (Å²) in [7, 11) is 1.12. The molecule has 0 aliphatic carbocycles. The number of methoxy groups -OCH3 is 1. The molecule has 0 saturated heterocycles. The van der Waals surface area contributed by atoms with E-state index in [1.54, 1.807) is 0 Å². The molecule has 2 atom stereocenters. The molecule has 1 aliphatic heterocycles. The molecule has 1 aliphatic rings. The van der Waals surface area contributed by atoms with E-state index in [4.69, 9.17) is 9.84 Å². The summed E-state index contributed by atoms with van der Waals surface area (Å²) in [5.41, 5.74) is -0.418. The smallest absolute Gasteiger partial charge is 0.340 e. The quantitative estimate of drug-likeness (QED) is 0.409. The number of esters is 3. The van der Waals surface area contributed by atoms with Crippen molar-refractivity contribution < 1.29 is 33.7 Å². The summed E-state index contributed by atoms with van der Waals surface area (Å²) >= 11 is 0. The third-order valence-electron chi connectivity index (χ3n) is 2.12. The highest BCUT2D eigenvalue weighted by Crippen LogP contribution is 2.23. The molecule has 1 N–H and O–H groups in total. The van der Waals surface area contributed by atoms with Crippen LogP contribution in [-0.4, -0.2) is 42.5 Å². The van der Waals surface area contributed by atoms with Crippen molar-refractivity contribution in [1.82, 2.24) is 0 Å². The van der Waals surface area contributed by atoms with Gasteiger partial charge >= 0.3 is 17.9 Å². The summed E-state index contributed by atoms with van der Waals surface area (Å²) < 4.78 is 13.7. The molecule has 7 heteroatoms. The number of carbonyl (C=O) groups excluding carboxylic acids is 3. The molecular formula is C11H12O7. The standard InChI is InChI=1S/C11H12O7/c1-5(10(14)16-3)9(17-6(2)12)7-4-8(13)18-11(7)15/h4,8-9,13H,1H2,2-3H3. The first kappa shape index (κ1) is 13.9. The van der Waals surface area contributed by atoms with Crippen LogP contribution in [0.3, 0.4) is 0 Å². The summed E-state index contributed by atoms with van der Waals surface area (Å²) in [5, 5.41) is 9.12. The maximum atomic E-state index is 11.4. The Bertz CT molecular complexity index is 435. The maximum Gasteiger partial charge on any atom is 0.340 e. The fourth-order valence-electron chi connectivity index (χ4n) is 1.35. The van der Waals surface area contributed by atoms with Gasteiger partial charge in [0.1, 0.15) is 0 Å². The van der Waals surface area contributed by atoms with Crippen LogP contribution >= 0.6 is 0 Å². The van der Waals surface area contributed by atoms with Crippen molar-refractivity contribution in [1.29, 1.82) is 0 Å². The molecular weight excluding hydrogens is 244 g/mol. The Kier molecular flexibility index (Phi) is 4.22. The van der Waals surface area contributed by atoms with Crippen molar-refractivity contribution in [3.63, 3.8) is 0 Å². The van der Waals surface area contributed by atoms with Crippen LogP contribution in [0, 0.1) is 0 Å². The van der Waals surface area contributed by atoms with Crippen LogP contribution in [0.15, 0.2) is 23.8 Å². The second-order valence-corrected chi connectivity index (χ2v) is 3.42. The Morgan fingerprint density at radius 1 is 1.56 bits per heavy atom. The minimum absolute atomic E-state index is 0.173. The second-order valence-electron chi connectivity index (χ2n) is 3.42. The van der Waals surface area contributed by atoms with Gasteiger partial charge < -0.3 is 19.3 Å². The lowest BCUT2D eigenvalue weighted by atomic mass is 10.0. The zero-order chi connectivity index (χ0) is 13.9. The van der Waals surface area contributed by atoms with E-state index in [0.29, 0.717) is 0 Å². The first-order valence-electron chi connectivity index (χ1n) is 4.92. The number of rotatable bonds is 4. The van der Waals surface area contributed by atoms with Crippen LogP contribution in [0.2, 0.25) is 0 Å². The molecule has 0 aromatic heterocycles.